The van der Waals surface area contributed by atoms with E-state index in [0.29, 0.717) is 49.7 Å². The van der Waals surface area contributed by atoms with Crippen molar-refractivity contribution in [1.29, 1.82) is 0 Å². The van der Waals surface area contributed by atoms with Gasteiger partial charge in [-0.15, -0.1) is 0 Å². The number of hydrogen-bond acceptors (Lipinski definition) is 6. The molecule has 1 N–H and O–H groups in total. The van der Waals surface area contributed by atoms with Crippen molar-refractivity contribution in [2.24, 2.45) is 11.8 Å². The van der Waals surface area contributed by atoms with E-state index in [9.17, 15) is 13.2 Å². The molecule has 0 unspecified atom stereocenters. The summed E-state index contributed by atoms with van der Waals surface area (Å²) in [5.74, 6) is 2.27. The Labute approximate surface area is 194 Å². The lowest BCUT2D eigenvalue weighted by atomic mass is 9.82. The van der Waals surface area contributed by atoms with Crippen LogP contribution in [0.5, 0.6) is 17.2 Å². The molecule has 4 rings (SSSR count). The highest BCUT2D eigenvalue weighted by atomic mass is 32.2. The van der Waals surface area contributed by atoms with Crippen molar-refractivity contribution >= 4 is 15.9 Å². The SMILES string of the molecule is CC[C@H]1CN(S(=O)(=O)c2ccc(OC)cc2)CC[C@H]1CC(=O)NCc1ccc2c(c1)OCO2. The first-order valence-corrected chi connectivity index (χ1v) is 12.6. The van der Waals surface area contributed by atoms with Gasteiger partial charge in [0, 0.05) is 26.1 Å². The van der Waals surface area contributed by atoms with E-state index in [0.717, 1.165) is 12.0 Å². The van der Waals surface area contributed by atoms with Crippen LogP contribution in [0.1, 0.15) is 31.7 Å². The van der Waals surface area contributed by atoms with Crippen LogP contribution in [-0.4, -0.2) is 45.6 Å². The maximum atomic E-state index is 13.1. The number of fused-ring (bicyclic) bond motifs is 1. The predicted octanol–water partition coefficient (Wildman–Crippen LogP) is 3.17. The quantitative estimate of drug-likeness (QED) is 0.632. The second-order valence-electron chi connectivity index (χ2n) is 8.42. The highest BCUT2D eigenvalue weighted by Crippen LogP contribution is 2.33. The molecule has 2 aliphatic heterocycles. The Hall–Kier alpha value is -2.78. The van der Waals surface area contributed by atoms with E-state index >= 15 is 0 Å². The molecular formula is C24H30N2O6S. The van der Waals surface area contributed by atoms with Gasteiger partial charge in [-0.05, 0) is 60.2 Å². The molecule has 2 heterocycles. The van der Waals surface area contributed by atoms with Gasteiger partial charge < -0.3 is 19.5 Å². The number of nitrogens with zero attached hydrogens (tertiary/aromatic N) is 1. The summed E-state index contributed by atoms with van der Waals surface area (Å²) in [6.45, 7) is 3.51. The zero-order valence-corrected chi connectivity index (χ0v) is 19.8. The highest BCUT2D eigenvalue weighted by Gasteiger charge is 2.35. The molecule has 0 bridgehead atoms. The van der Waals surface area contributed by atoms with Crippen molar-refractivity contribution in [2.75, 3.05) is 27.0 Å². The molecule has 1 fully saturated rings. The van der Waals surface area contributed by atoms with Gasteiger partial charge in [0.05, 0.1) is 12.0 Å². The molecule has 2 aromatic rings. The summed E-state index contributed by atoms with van der Waals surface area (Å²) in [5.41, 5.74) is 0.944. The van der Waals surface area contributed by atoms with Crippen LogP contribution in [0.3, 0.4) is 0 Å². The van der Waals surface area contributed by atoms with Crippen LogP contribution in [0.25, 0.3) is 0 Å². The smallest absolute Gasteiger partial charge is 0.243 e. The minimum absolute atomic E-state index is 0.0254. The Morgan fingerprint density at radius 2 is 1.88 bits per heavy atom. The minimum Gasteiger partial charge on any atom is -0.497 e. The van der Waals surface area contributed by atoms with Crippen molar-refractivity contribution in [2.45, 2.75) is 37.6 Å². The number of amides is 1. The third kappa shape index (κ3) is 5.25. The van der Waals surface area contributed by atoms with E-state index in [1.54, 1.807) is 35.7 Å². The monoisotopic (exact) mass is 474 g/mol. The summed E-state index contributed by atoms with van der Waals surface area (Å²) in [5, 5.41) is 2.98. The summed E-state index contributed by atoms with van der Waals surface area (Å²) >= 11 is 0. The van der Waals surface area contributed by atoms with Crippen LogP contribution in [-0.2, 0) is 21.4 Å². The van der Waals surface area contributed by atoms with Crippen LogP contribution in [0.2, 0.25) is 0 Å². The Morgan fingerprint density at radius 1 is 1.12 bits per heavy atom. The molecule has 9 heteroatoms. The number of methoxy groups -OCH3 is 1. The van der Waals surface area contributed by atoms with Gasteiger partial charge in [-0.1, -0.05) is 19.4 Å². The van der Waals surface area contributed by atoms with Crippen LogP contribution in [0, 0.1) is 11.8 Å². The van der Waals surface area contributed by atoms with Gasteiger partial charge in [0.1, 0.15) is 5.75 Å². The van der Waals surface area contributed by atoms with Crippen LogP contribution < -0.4 is 19.5 Å². The lowest BCUT2D eigenvalue weighted by Gasteiger charge is -2.37. The molecule has 2 aliphatic rings. The Balaban J connectivity index is 1.33. The van der Waals surface area contributed by atoms with E-state index in [4.69, 9.17) is 14.2 Å². The summed E-state index contributed by atoms with van der Waals surface area (Å²) in [4.78, 5) is 12.9. The normalized spacial score (nSPS) is 20.4. The largest absolute Gasteiger partial charge is 0.497 e. The predicted molar refractivity (Wildman–Crippen MR) is 123 cm³/mol. The van der Waals surface area contributed by atoms with E-state index in [2.05, 4.69) is 5.32 Å². The Bertz CT molecular complexity index is 1090. The molecule has 0 radical (unpaired) electrons. The van der Waals surface area contributed by atoms with Gasteiger partial charge in [-0.25, -0.2) is 8.42 Å². The third-order valence-corrected chi connectivity index (χ3v) is 8.33. The summed E-state index contributed by atoms with van der Waals surface area (Å²) < 4.78 is 43.6. The Kier molecular flexibility index (Phi) is 7.09. The molecule has 1 amide bonds. The van der Waals surface area contributed by atoms with Gasteiger partial charge in [0.2, 0.25) is 22.7 Å². The number of hydrogen-bond donors (Lipinski definition) is 1. The molecule has 0 saturated carbocycles. The van der Waals surface area contributed by atoms with E-state index in [-0.39, 0.29) is 29.4 Å². The molecule has 0 aliphatic carbocycles. The lowest BCUT2D eigenvalue weighted by Crippen LogP contribution is -2.44. The summed E-state index contributed by atoms with van der Waals surface area (Å²) in [6.07, 6.45) is 1.86. The molecular weight excluding hydrogens is 444 g/mol. The van der Waals surface area contributed by atoms with E-state index in [1.807, 2.05) is 25.1 Å². The zero-order chi connectivity index (χ0) is 23.4. The van der Waals surface area contributed by atoms with Gasteiger partial charge >= 0.3 is 0 Å². The topological polar surface area (TPSA) is 94.2 Å². The number of piperidine rings is 1. The first-order valence-electron chi connectivity index (χ1n) is 11.2. The van der Waals surface area contributed by atoms with Crippen molar-refractivity contribution in [3.63, 3.8) is 0 Å². The van der Waals surface area contributed by atoms with Gasteiger partial charge in [0.25, 0.3) is 0 Å². The zero-order valence-electron chi connectivity index (χ0n) is 19.0. The summed E-state index contributed by atoms with van der Waals surface area (Å²) in [6, 6.07) is 12.1. The average Bonchev–Trinajstić information content (AvgIpc) is 3.31. The van der Waals surface area contributed by atoms with Crippen molar-refractivity contribution in [1.82, 2.24) is 9.62 Å². The molecule has 8 nitrogen and oxygen atoms in total. The first kappa shape index (κ1) is 23.4. The molecule has 1 saturated heterocycles. The number of carbonyl (C=O) groups excluding carboxylic acids is 1. The van der Waals surface area contributed by atoms with Crippen LogP contribution in [0.15, 0.2) is 47.4 Å². The number of sulfonamides is 1. The van der Waals surface area contributed by atoms with Gasteiger partial charge in [-0.3, -0.25) is 4.79 Å². The van der Waals surface area contributed by atoms with Crippen molar-refractivity contribution in [3.8, 4) is 17.2 Å². The first-order chi connectivity index (χ1) is 15.9. The minimum atomic E-state index is -3.58. The van der Waals surface area contributed by atoms with Gasteiger partial charge in [-0.2, -0.15) is 4.31 Å². The third-order valence-electron chi connectivity index (χ3n) is 6.45. The molecule has 2 aromatic carbocycles. The number of benzene rings is 2. The highest BCUT2D eigenvalue weighted by molar-refractivity contribution is 7.89. The average molecular weight is 475 g/mol. The molecule has 33 heavy (non-hydrogen) atoms. The van der Waals surface area contributed by atoms with Crippen LogP contribution >= 0.6 is 0 Å². The van der Waals surface area contributed by atoms with Gasteiger partial charge in [0.15, 0.2) is 11.5 Å². The van der Waals surface area contributed by atoms with E-state index in [1.165, 1.54) is 0 Å². The van der Waals surface area contributed by atoms with Crippen LogP contribution in [0.4, 0.5) is 0 Å². The number of nitrogens with one attached hydrogen (secondary N) is 1. The van der Waals surface area contributed by atoms with E-state index < -0.39 is 10.0 Å². The molecule has 0 spiro atoms. The second kappa shape index (κ2) is 10.0. The number of rotatable bonds is 8. The molecule has 178 valence electrons. The Morgan fingerprint density at radius 3 is 2.61 bits per heavy atom. The van der Waals surface area contributed by atoms with Crippen molar-refractivity contribution < 1.29 is 27.4 Å². The number of carbonyl (C=O) groups is 1. The number of ether oxygens (including phenoxy) is 3. The summed E-state index contributed by atoms with van der Waals surface area (Å²) in [7, 11) is -2.03. The fourth-order valence-electron chi connectivity index (χ4n) is 4.46. The standard InChI is InChI=1S/C24H30N2O6S/c1-3-18-15-26(33(28,29)21-7-5-20(30-2)6-8-21)11-10-19(18)13-24(27)25-14-17-4-9-22-23(12-17)32-16-31-22/h4-9,12,18-19H,3,10-11,13-16H2,1-2H3,(H,25,27)/t18-,19-/m0/s1. The maximum absolute atomic E-state index is 13.1. The lowest BCUT2D eigenvalue weighted by molar-refractivity contribution is -0.122. The molecule has 2 atom stereocenters. The molecule has 0 aromatic heterocycles. The fourth-order valence-corrected chi connectivity index (χ4v) is 5.97. The fraction of sp³-hybridized carbons (Fsp3) is 0.458. The second-order valence-corrected chi connectivity index (χ2v) is 10.4. The van der Waals surface area contributed by atoms with Crippen molar-refractivity contribution in [3.05, 3.63) is 48.0 Å². The maximum Gasteiger partial charge on any atom is 0.243 e.